The number of benzene rings is 2. The molecule has 3 heteroatoms. The molecule has 100 valence electrons. The highest BCUT2D eigenvalue weighted by Gasteiger charge is 1.96. The Morgan fingerprint density at radius 3 is 2.16 bits per heavy atom. The van der Waals surface area contributed by atoms with Gasteiger partial charge in [0.25, 0.3) is 0 Å². The van der Waals surface area contributed by atoms with Crippen LogP contribution in [0, 0.1) is 0 Å². The molecule has 0 aliphatic carbocycles. The second-order valence-electron chi connectivity index (χ2n) is 4.36. The van der Waals surface area contributed by atoms with E-state index >= 15 is 0 Å². The van der Waals surface area contributed by atoms with Crippen LogP contribution in [0.3, 0.4) is 0 Å². The van der Waals surface area contributed by atoms with Crippen LogP contribution in [0.25, 0.3) is 0 Å². The first kappa shape index (κ1) is 13.8. The molecule has 0 saturated carbocycles. The molecule has 0 atom stereocenters. The lowest BCUT2D eigenvalue weighted by Gasteiger charge is -2.07. The van der Waals surface area contributed by atoms with Crippen molar-refractivity contribution < 1.29 is 4.74 Å². The maximum absolute atomic E-state index is 5.76. The van der Waals surface area contributed by atoms with Crippen molar-refractivity contribution in [3.8, 4) is 5.75 Å². The fourth-order valence-electron chi connectivity index (χ4n) is 1.86. The number of hydrogen-bond donors (Lipinski definition) is 1. The van der Waals surface area contributed by atoms with Gasteiger partial charge in [-0.2, -0.15) is 0 Å². The molecule has 2 aromatic rings. The van der Waals surface area contributed by atoms with Crippen molar-refractivity contribution in [1.29, 1.82) is 0 Å². The lowest BCUT2D eigenvalue weighted by molar-refractivity contribution is 0.414. The standard InChI is InChI=1S/C16H18ClNO/c1-19-16-8-4-13(5-9-16)10-11-18-15-6-2-14(12-17)3-7-15/h2-9,18H,10-12H2,1H3. The third-order valence-corrected chi connectivity index (χ3v) is 3.32. The van der Waals surface area contributed by atoms with Crippen molar-refractivity contribution in [2.24, 2.45) is 0 Å². The Balaban J connectivity index is 1.81. The van der Waals surface area contributed by atoms with Crippen LogP contribution in [0.15, 0.2) is 48.5 Å². The van der Waals surface area contributed by atoms with Gasteiger partial charge in [-0.05, 0) is 41.8 Å². The van der Waals surface area contributed by atoms with Gasteiger partial charge in [-0.1, -0.05) is 24.3 Å². The second-order valence-corrected chi connectivity index (χ2v) is 4.62. The summed E-state index contributed by atoms with van der Waals surface area (Å²) in [5.74, 6) is 1.46. The van der Waals surface area contributed by atoms with Gasteiger partial charge < -0.3 is 10.1 Å². The third kappa shape index (κ3) is 4.18. The van der Waals surface area contributed by atoms with Gasteiger partial charge in [0.15, 0.2) is 0 Å². The molecule has 0 aliphatic heterocycles. The van der Waals surface area contributed by atoms with Crippen molar-refractivity contribution >= 4 is 17.3 Å². The Labute approximate surface area is 119 Å². The van der Waals surface area contributed by atoms with Gasteiger partial charge in [0, 0.05) is 18.1 Å². The first-order valence-electron chi connectivity index (χ1n) is 6.33. The number of ether oxygens (including phenoxy) is 1. The number of hydrogen-bond acceptors (Lipinski definition) is 2. The van der Waals surface area contributed by atoms with Crippen LogP contribution in [-0.4, -0.2) is 13.7 Å². The fourth-order valence-corrected chi connectivity index (χ4v) is 2.03. The van der Waals surface area contributed by atoms with E-state index in [1.807, 2.05) is 24.3 Å². The zero-order valence-electron chi connectivity index (χ0n) is 11.0. The van der Waals surface area contributed by atoms with Crippen LogP contribution in [0.4, 0.5) is 5.69 Å². The van der Waals surface area contributed by atoms with E-state index in [-0.39, 0.29) is 0 Å². The average molecular weight is 276 g/mol. The normalized spacial score (nSPS) is 10.2. The maximum Gasteiger partial charge on any atom is 0.118 e. The summed E-state index contributed by atoms with van der Waals surface area (Å²) in [7, 11) is 1.68. The van der Waals surface area contributed by atoms with Crippen LogP contribution in [0.2, 0.25) is 0 Å². The second kappa shape index (κ2) is 7.05. The topological polar surface area (TPSA) is 21.3 Å². The highest BCUT2D eigenvalue weighted by molar-refractivity contribution is 6.17. The predicted molar refractivity (Wildman–Crippen MR) is 81.2 cm³/mol. The minimum atomic E-state index is 0.562. The molecule has 0 fully saturated rings. The predicted octanol–water partition coefficient (Wildman–Crippen LogP) is 4.09. The maximum atomic E-state index is 5.76. The average Bonchev–Trinajstić information content (AvgIpc) is 2.49. The largest absolute Gasteiger partial charge is 0.497 e. The van der Waals surface area contributed by atoms with Gasteiger partial charge in [0.05, 0.1) is 7.11 Å². The molecule has 0 heterocycles. The van der Waals surface area contributed by atoms with E-state index in [0.717, 1.165) is 30.0 Å². The molecule has 2 rings (SSSR count). The third-order valence-electron chi connectivity index (χ3n) is 3.01. The van der Waals surface area contributed by atoms with Crippen molar-refractivity contribution in [2.75, 3.05) is 19.0 Å². The van der Waals surface area contributed by atoms with Crippen LogP contribution in [0.5, 0.6) is 5.75 Å². The van der Waals surface area contributed by atoms with Gasteiger partial charge in [-0.25, -0.2) is 0 Å². The number of halogens is 1. The molecule has 0 spiro atoms. The van der Waals surface area contributed by atoms with Crippen LogP contribution in [0.1, 0.15) is 11.1 Å². The molecule has 1 N–H and O–H groups in total. The van der Waals surface area contributed by atoms with Gasteiger partial charge in [0.1, 0.15) is 5.75 Å². The summed E-state index contributed by atoms with van der Waals surface area (Å²) in [6, 6.07) is 16.4. The number of nitrogens with one attached hydrogen (secondary N) is 1. The summed E-state index contributed by atoms with van der Waals surface area (Å²) in [5.41, 5.74) is 3.57. The number of methoxy groups -OCH3 is 1. The Morgan fingerprint density at radius 2 is 1.58 bits per heavy atom. The molecule has 2 aromatic carbocycles. The molecule has 0 radical (unpaired) electrons. The minimum absolute atomic E-state index is 0.562. The SMILES string of the molecule is COc1ccc(CCNc2ccc(CCl)cc2)cc1. The molecule has 2 nitrogen and oxygen atoms in total. The van der Waals surface area contributed by atoms with Gasteiger partial charge in [0.2, 0.25) is 0 Å². The molecular formula is C16H18ClNO. The first-order valence-corrected chi connectivity index (χ1v) is 6.87. The van der Waals surface area contributed by atoms with E-state index in [1.165, 1.54) is 5.56 Å². The van der Waals surface area contributed by atoms with Crippen molar-refractivity contribution in [3.63, 3.8) is 0 Å². The first-order chi connectivity index (χ1) is 9.31. The van der Waals surface area contributed by atoms with Gasteiger partial charge in [-0.15, -0.1) is 11.6 Å². The lowest BCUT2D eigenvalue weighted by atomic mass is 10.1. The van der Waals surface area contributed by atoms with Crippen molar-refractivity contribution in [1.82, 2.24) is 0 Å². The highest BCUT2D eigenvalue weighted by Crippen LogP contribution is 2.13. The van der Waals surface area contributed by atoms with Gasteiger partial charge >= 0.3 is 0 Å². The van der Waals surface area contributed by atoms with E-state index in [9.17, 15) is 0 Å². The highest BCUT2D eigenvalue weighted by atomic mass is 35.5. The summed E-state index contributed by atoms with van der Waals surface area (Å²) in [4.78, 5) is 0. The monoisotopic (exact) mass is 275 g/mol. The molecule has 0 unspecified atom stereocenters. The van der Waals surface area contributed by atoms with Crippen LogP contribution >= 0.6 is 11.6 Å². The lowest BCUT2D eigenvalue weighted by Crippen LogP contribution is -2.04. The number of alkyl halides is 1. The number of rotatable bonds is 6. The summed E-state index contributed by atoms with van der Waals surface area (Å²) < 4.78 is 5.14. The molecule has 0 saturated heterocycles. The van der Waals surface area contributed by atoms with E-state index < -0.39 is 0 Å². The van der Waals surface area contributed by atoms with Crippen LogP contribution in [-0.2, 0) is 12.3 Å². The Hall–Kier alpha value is -1.67. The summed E-state index contributed by atoms with van der Waals surface area (Å²) >= 11 is 5.76. The fraction of sp³-hybridized carbons (Fsp3) is 0.250. The summed E-state index contributed by atoms with van der Waals surface area (Å²) in [5, 5.41) is 3.40. The van der Waals surface area contributed by atoms with E-state index in [1.54, 1.807) is 7.11 Å². The smallest absolute Gasteiger partial charge is 0.118 e. The van der Waals surface area contributed by atoms with E-state index in [2.05, 4.69) is 29.6 Å². The Bertz CT molecular complexity index is 446. The van der Waals surface area contributed by atoms with E-state index in [0.29, 0.717) is 5.88 Å². The summed E-state index contributed by atoms with van der Waals surface area (Å²) in [6.45, 7) is 0.909. The molecule has 0 bridgehead atoms. The minimum Gasteiger partial charge on any atom is -0.497 e. The molecule has 19 heavy (non-hydrogen) atoms. The van der Waals surface area contributed by atoms with Crippen molar-refractivity contribution in [3.05, 3.63) is 59.7 Å². The molecule has 0 aliphatic rings. The van der Waals surface area contributed by atoms with Gasteiger partial charge in [-0.3, -0.25) is 0 Å². The molecule has 0 amide bonds. The zero-order valence-corrected chi connectivity index (χ0v) is 11.8. The quantitative estimate of drug-likeness (QED) is 0.802. The Morgan fingerprint density at radius 1 is 0.947 bits per heavy atom. The Kier molecular flexibility index (Phi) is 5.10. The van der Waals surface area contributed by atoms with E-state index in [4.69, 9.17) is 16.3 Å². The van der Waals surface area contributed by atoms with Crippen LogP contribution < -0.4 is 10.1 Å². The molecule has 0 aromatic heterocycles. The van der Waals surface area contributed by atoms with Crippen molar-refractivity contribution in [2.45, 2.75) is 12.3 Å². The summed E-state index contributed by atoms with van der Waals surface area (Å²) in [6.07, 6.45) is 0.987. The zero-order chi connectivity index (χ0) is 13.5. The molecular weight excluding hydrogens is 258 g/mol. The number of anilines is 1.